The molecule has 132 valence electrons. The summed E-state index contributed by atoms with van der Waals surface area (Å²) in [7, 11) is 0. The van der Waals surface area contributed by atoms with Crippen LogP contribution < -0.4 is 16.0 Å². The molecule has 3 amide bonds. The predicted octanol–water partition coefficient (Wildman–Crippen LogP) is 4.21. The maximum Gasteiger partial charge on any atom is 0.323 e. The maximum atomic E-state index is 12.0. The average Bonchev–Trinajstić information content (AvgIpc) is 2.55. The number of hydrogen-bond donors (Lipinski definition) is 3. The monoisotopic (exact) mass is 341 g/mol. The molecule has 0 spiro atoms. The Bertz CT molecular complexity index is 710. The van der Waals surface area contributed by atoms with Gasteiger partial charge in [-0.15, -0.1) is 0 Å². The Labute approximate surface area is 147 Å². The lowest BCUT2D eigenvalue weighted by molar-refractivity contribution is -0.114. The number of hydrogen-bond acceptors (Lipinski definition) is 3. The highest BCUT2D eigenvalue weighted by atomic mass is 16.5. The molecule has 0 aliphatic heterocycles. The van der Waals surface area contributed by atoms with Gasteiger partial charge < -0.3 is 20.7 Å². The van der Waals surface area contributed by atoms with Crippen molar-refractivity contribution in [3.8, 4) is 0 Å². The summed E-state index contributed by atoms with van der Waals surface area (Å²) >= 11 is 0. The molecular weight excluding hydrogens is 318 g/mol. The van der Waals surface area contributed by atoms with Crippen LogP contribution in [0.5, 0.6) is 0 Å². The lowest BCUT2D eigenvalue weighted by atomic mass is 10.2. The van der Waals surface area contributed by atoms with Gasteiger partial charge in [0.25, 0.3) is 0 Å². The summed E-state index contributed by atoms with van der Waals surface area (Å²) in [5.74, 6) is -0.138. The van der Waals surface area contributed by atoms with Gasteiger partial charge in [-0.05, 0) is 55.8 Å². The zero-order valence-corrected chi connectivity index (χ0v) is 14.6. The molecule has 0 aliphatic rings. The second-order valence-electron chi connectivity index (χ2n) is 5.89. The van der Waals surface area contributed by atoms with Crippen LogP contribution in [0, 0.1) is 0 Å². The fraction of sp³-hybridized carbons (Fsp3) is 0.263. The minimum absolute atomic E-state index is 0.138. The van der Waals surface area contributed by atoms with Crippen molar-refractivity contribution in [3.63, 3.8) is 0 Å². The third-order valence-electron chi connectivity index (χ3n) is 3.26. The quantitative estimate of drug-likeness (QED) is 0.736. The van der Waals surface area contributed by atoms with Gasteiger partial charge in [0.05, 0.1) is 12.7 Å². The van der Waals surface area contributed by atoms with E-state index in [1.54, 1.807) is 24.3 Å². The van der Waals surface area contributed by atoms with Crippen LogP contribution in [-0.2, 0) is 16.1 Å². The molecule has 0 bridgehead atoms. The van der Waals surface area contributed by atoms with Gasteiger partial charge in [-0.2, -0.15) is 0 Å². The van der Waals surface area contributed by atoms with Crippen molar-refractivity contribution in [3.05, 3.63) is 54.1 Å². The normalized spacial score (nSPS) is 10.4. The first-order valence-corrected chi connectivity index (χ1v) is 8.08. The number of ether oxygens (including phenoxy) is 1. The number of carbonyl (C=O) groups excluding carboxylic acids is 2. The van der Waals surface area contributed by atoms with Crippen LogP contribution in [0.1, 0.15) is 26.3 Å². The van der Waals surface area contributed by atoms with Crippen molar-refractivity contribution in [1.82, 2.24) is 0 Å². The van der Waals surface area contributed by atoms with E-state index in [0.29, 0.717) is 23.7 Å². The van der Waals surface area contributed by atoms with Crippen LogP contribution in [0.15, 0.2) is 48.5 Å². The van der Waals surface area contributed by atoms with Crippen molar-refractivity contribution >= 4 is 29.0 Å². The van der Waals surface area contributed by atoms with E-state index in [0.717, 1.165) is 5.56 Å². The molecular formula is C19H23N3O3. The fourth-order valence-electron chi connectivity index (χ4n) is 2.08. The Kier molecular flexibility index (Phi) is 6.54. The minimum atomic E-state index is -0.335. The molecule has 6 heteroatoms. The molecule has 0 heterocycles. The second-order valence-corrected chi connectivity index (χ2v) is 5.89. The largest absolute Gasteiger partial charge is 0.374 e. The van der Waals surface area contributed by atoms with Gasteiger partial charge in [-0.25, -0.2) is 4.79 Å². The molecule has 2 aromatic rings. The molecule has 2 aromatic carbocycles. The van der Waals surface area contributed by atoms with Crippen molar-refractivity contribution in [1.29, 1.82) is 0 Å². The van der Waals surface area contributed by atoms with Crippen LogP contribution in [0.4, 0.5) is 21.9 Å². The summed E-state index contributed by atoms with van der Waals surface area (Å²) in [6, 6.07) is 14.0. The SMILES string of the molecule is CC(=O)Nc1ccc(NC(=O)Nc2ccc(COC(C)C)cc2)cc1. The summed E-state index contributed by atoms with van der Waals surface area (Å²) < 4.78 is 5.54. The third kappa shape index (κ3) is 6.64. The van der Waals surface area contributed by atoms with E-state index >= 15 is 0 Å². The molecule has 0 atom stereocenters. The first kappa shape index (κ1) is 18.5. The van der Waals surface area contributed by atoms with Crippen LogP contribution in [0.3, 0.4) is 0 Å². The van der Waals surface area contributed by atoms with Gasteiger partial charge in [0.2, 0.25) is 5.91 Å². The molecule has 2 rings (SSSR count). The summed E-state index contributed by atoms with van der Waals surface area (Å²) in [6.07, 6.45) is 0.181. The molecule has 0 aliphatic carbocycles. The summed E-state index contributed by atoms with van der Waals surface area (Å²) in [5, 5.41) is 8.18. The van der Waals surface area contributed by atoms with E-state index in [4.69, 9.17) is 4.74 Å². The summed E-state index contributed by atoms with van der Waals surface area (Å²) in [4.78, 5) is 23.0. The van der Waals surface area contributed by atoms with Crippen LogP contribution in [0.2, 0.25) is 0 Å². The first-order chi connectivity index (χ1) is 11.9. The zero-order valence-electron chi connectivity index (χ0n) is 14.6. The number of urea groups is 1. The highest BCUT2D eigenvalue weighted by Gasteiger charge is 2.04. The van der Waals surface area contributed by atoms with Gasteiger partial charge in [0.1, 0.15) is 0 Å². The molecule has 0 unspecified atom stereocenters. The predicted molar refractivity (Wildman–Crippen MR) is 99.8 cm³/mol. The Morgan fingerprint density at radius 3 is 1.72 bits per heavy atom. The van der Waals surface area contributed by atoms with Crippen LogP contribution in [-0.4, -0.2) is 18.0 Å². The molecule has 0 saturated heterocycles. The smallest absolute Gasteiger partial charge is 0.323 e. The number of carbonyl (C=O) groups is 2. The molecule has 0 aromatic heterocycles. The van der Waals surface area contributed by atoms with Gasteiger partial charge >= 0.3 is 6.03 Å². The standard InChI is InChI=1S/C19H23N3O3/c1-13(2)25-12-15-4-6-17(7-5-15)21-19(24)22-18-10-8-16(9-11-18)20-14(3)23/h4-11,13H,12H2,1-3H3,(H,20,23)(H2,21,22,24). The number of nitrogens with one attached hydrogen (secondary N) is 3. The van der Waals surface area contributed by atoms with Crippen LogP contribution in [0.25, 0.3) is 0 Å². The zero-order chi connectivity index (χ0) is 18.2. The number of rotatable bonds is 6. The number of benzene rings is 2. The Morgan fingerprint density at radius 1 is 0.840 bits per heavy atom. The van der Waals surface area contributed by atoms with E-state index in [1.807, 2.05) is 38.1 Å². The lowest BCUT2D eigenvalue weighted by Crippen LogP contribution is -2.19. The molecule has 0 radical (unpaired) electrons. The molecule has 0 saturated carbocycles. The highest BCUT2D eigenvalue weighted by molar-refractivity contribution is 6.00. The van der Waals surface area contributed by atoms with Crippen molar-refractivity contribution in [2.45, 2.75) is 33.5 Å². The van der Waals surface area contributed by atoms with Gasteiger partial charge in [0, 0.05) is 24.0 Å². The second kappa shape index (κ2) is 8.84. The van der Waals surface area contributed by atoms with E-state index in [-0.39, 0.29) is 18.0 Å². The maximum absolute atomic E-state index is 12.0. The van der Waals surface area contributed by atoms with Crippen molar-refractivity contribution in [2.75, 3.05) is 16.0 Å². The van der Waals surface area contributed by atoms with Crippen molar-refractivity contribution in [2.24, 2.45) is 0 Å². The van der Waals surface area contributed by atoms with E-state index < -0.39 is 0 Å². The van der Waals surface area contributed by atoms with E-state index in [2.05, 4.69) is 16.0 Å². The highest BCUT2D eigenvalue weighted by Crippen LogP contribution is 2.15. The Hall–Kier alpha value is -2.86. The third-order valence-corrected chi connectivity index (χ3v) is 3.26. The van der Waals surface area contributed by atoms with Gasteiger partial charge in [0.15, 0.2) is 0 Å². The average molecular weight is 341 g/mol. The van der Waals surface area contributed by atoms with Gasteiger partial charge in [-0.3, -0.25) is 4.79 Å². The lowest BCUT2D eigenvalue weighted by Gasteiger charge is -2.10. The first-order valence-electron chi connectivity index (χ1n) is 8.08. The van der Waals surface area contributed by atoms with Crippen LogP contribution >= 0.6 is 0 Å². The molecule has 0 fully saturated rings. The fourth-order valence-corrected chi connectivity index (χ4v) is 2.08. The molecule has 6 nitrogen and oxygen atoms in total. The number of amides is 3. The topological polar surface area (TPSA) is 79.5 Å². The molecule has 25 heavy (non-hydrogen) atoms. The summed E-state index contributed by atoms with van der Waals surface area (Å²) in [6.45, 7) is 5.97. The minimum Gasteiger partial charge on any atom is -0.374 e. The summed E-state index contributed by atoms with van der Waals surface area (Å²) in [5.41, 5.74) is 3.06. The number of anilines is 3. The van der Waals surface area contributed by atoms with E-state index in [1.165, 1.54) is 6.92 Å². The van der Waals surface area contributed by atoms with Gasteiger partial charge in [-0.1, -0.05) is 12.1 Å². The van der Waals surface area contributed by atoms with E-state index in [9.17, 15) is 9.59 Å². The Morgan fingerprint density at radius 2 is 1.28 bits per heavy atom. The molecule has 3 N–H and O–H groups in total. The Balaban J connectivity index is 1.86. The van der Waals surface area contributed by atoms with Crippen molar-refractivity contribution < 1.29 is 14.3 Å².